The van der Waals surface area contributed by atoms with Crippen molar-refractivity contribution in [1.82, 2.24) is 15.1 Å². The van der Waals surface area contributed by atoms with Crippen molar-refractivity contribution in [2.45, 2.75) is 19.9 Å². The van der Waals surface area contributed by atoms with Gasteiger partial charge < -0.3 is 10.6 Å². The van der Waals surface area contributed by atoms with Crippen molar-refractivity contribution in [2.75, 3.05) is 11.9 Å². The van der Waals surface area contributed by atoms with Crippen molar-refractivity contribution < 1.29 is 0 Å². The van der Waals surface area contributed by atoms with Gasteiger partial charge in [-0.15, -0.1) is 0 Å². The summed E-state index contributed by atoms with van der Waals surface area (Å²) in [4.78, 5) is 0. The molecule has 1 aromatic heterocycles. The quantitative estimate of drug-likeness (QED) is 0.639. The third-order valence-corrected chi connectivity index (χ3v) is 3.82. The molecule has 0 unspecified atom stereocenters. The zero-order valence-electron chi connectivity index (χ0n) is 11.6. The Balaban J connectivity index is 1.73. The molecular formula is C14H16Cl2N4S. The van der Waals surface area contributed by atoms with Crippen LogP contribution in [0.4, 0.5) is 5.69 Å². The molecule has 2 aromatic rings. The molecule has 0 radical (unpaired) electrons. The molecule has 0 aliphatic rings. The first-order valence-corrected chi connectivity index (χ1v) is 7.70. The summed E-state index contributed by atoms with van der Waals surface area (Å²) in [6.07, 6.45) is 4.32. The molecule has 4 nitrogen and oxygen atoms in total. The Hall–Kier alpha value is -1.30. The Morgan fingerprint density at radius 1 is 1.38 bits per heavy atom. The van der Waals surface area contributed by atoms with E-state index in [1.807, 2.05) is 29.8 Å². The van der Waals surface area contributed by atoms with Crippen molar-refractivity contribution in [2.24, 2.45) is 0 Å². The number of hydrogen-bond acceptors (Lipinski definition) is 2. The minimum atomic E-state index is 0.582. The Morgan fingerprint density at radius 3 is 2.90 bits per heavy atom. The van der Waals surface area contributed by atoms with Crippen LogP contribution in [0.2, 0.25) is 10.0 Å². The lowest BCUT2D eigenvalue weighted by molar-refractivity contribution is 0.574. The summed E-state index contributed by atoms with van der Waals surface area (Å²) < 4.78 is 1.81. The number of hydrogen-bond donors (Lipinski definition) is 2. The van der Waals surface area contributed by atoms with Gasteiger partial charge in [0.2, 0.25) is 0 Å². The number of nitrogens with zero attached hydrogens (tertiary/aromatic N) is 2. The fourth-order valence-corrected chi connectivity index (χ4v) is 2.36. The molecule has 1 heterocycles. The van der Waals surface area contributed by atoms with E-state index in [-0.39, 0.29) is 0 Å². The first-order chi connectivity index (χ1) is 10.1. The van der Waals surface area contributed by atoms with E-state index in [0.717, 1.165) is 35.8 Å². The lowest BCUT2D eigenvalue weighted by atomic mass is 10.2. The molecule has 0 aliphatic heterocycles. The smallest absolute Gasteiger partial charge is 0.170 e. The molecule has 0 aliphatic carbocycles. The lowest BCUT2D eigenvalue weighted by Gasteiger charge is -2.13. The zero-order chi connectivity index (χ0) is 15.2. The Morgan fingerprint density at radius 2 is 2.19 bits per heavy atom. The van der Waals surface area contributed by atoms with Crippen molar-refractivity contribution in [3.63, 3.8) is 0 Å². The number of aromatic nitrogens is 2. The molecule has 112 valence electrons. The molecule has 0 fully saturated rings. The maximum Gasteiger partial charge on any atom is 0.170 e. The highest BCUT2D eigenvalue weighted by molar-refractivity contribution is 7.80. The average Bonchev–Trinajstić information content (AvgIpc) is 2.86. The normalized spacial score (nSPS) is 10.4. The van der Waals surface area contributed by atoms with Crippen LogP contribution in [0.3, 0.4) is 0 Å². The molecule has 21 heavy (non-hydrogen) atoms. The fraction of sp³-hybridized carbons (Fsp3) is 0.286. The number of anilines is 1. The monoisotopic (exact) mass is 342 g/mol. The highest BCUT2D eigenvalue weighted by Gasteiger charge is 2.03. The summed E-state index contributed by atoms with van der Waals surface area (Å²) in [6.45, 7) is 3.50. The number of thiocarbonyl (C=S) groups is 1. The molecule has 0 saturated heterocycles. The van der Waals surface area contributed by atoms with Crippen molar-refractivity contribution in [1.29, 1.82) is 0 Å². The molecule has 2 rings (SSSR count). The highest BCUT2D eigenvalue weighted by Crippen LogP contribution is 2.22. The predicted octanol–water partition coefficient (Wildman–Crippen LogP) is 3.88. The zero-order valence-corrected chi connectivity index (χ0v) is 13.9. The van der Waals surface area contributed by atoms with Gasteiger partial charge in [0.05, 0.1) is 11.2 Å². The van der Waals surface area contributed by atoms with Crippen LogP contribution in [0.25, 0.3) is 0 Å². The Kier molecular flexibility index (Phi) is 5.85. The predicted molar refractivity (Wildman–Crippen MR) is 92.3 cm³/mol. The Labute approximate surface area is 139 Å². The topological polar surface area (TPSA) is 41.9 Å². The standard InChI is InChI=1S/C14H16Cl2N4S/c1-10-12(16)4-2-5-13(10)19-14(21)17-6-3-7-20-9-11(15)8-18-20/h2,4-5,8-9H,3,6-7H2,1H3,(H2,17,19,21). The summed E-state index contributed by atoms with van der Waals surface area (Å²) in [7, 11) is 0. The second-order valence-corrected chi connectivity index (χ2v) is 5.82. The molecule has 0 spiro atoms. The summed E-state index contributed by atoms with van der Waals surface area (Å²) in [5.41, 5.74) is 1.90. The minimum Gasteiger partial charge on any atom is -0.362 e. The van der Waals surface area contributed by atoms with E-state index < -0.39 is 0 Å². The summed E-state index contributed by atoms with van der Waals surface area (Å²) in [6, 6.07) is 5.69. The first kappa shape index (κ1) is 16.1. The van der Waals surface area contributed by atoms with Crippen LogP contribution in [0.15, 0.2) is 30.6 Å². The number of rotatable bonds is 5. The average molecular weight is 343 g/mol. The second kappa shape index (κ2) is 7.64. The number of halogens is 2. The van der Waals surface area contributed by atoms with E-state index in [4.69, 9.17) is 35.4 Å². The minimum absolute atomic E-state index is 0.582. The van der Waals surface area contributed by atoms with E-state index in [0.29, 0.717) is 10.1 Å². The van der Waals surface area contributed by atoms with Gasteiger partial charge in [-0.05, 0) is 43.3 Å². The highest BCUT2D eigenvalue weighted by atomic mass is 35.5. The molecule has 0 saturated carbocycles. The number of aryl methyl sites for hydroxylation is 1. The van der Waals surface area contributed by atoms with Gasteiger partial charge in [-0.1, -0.05) is 29.3 Å². The van der Waals surface area contributed by atoms with Gasteiger partial charge in [0.1, 0.15) is 0 Å². The van der Waals surface area contributed by atoms with Gasteiger partial charge in [0, 0.05) is 30.0 Å². The van der Waals surface area contributed by atoms with Crippen molar-refractivity contribution in [3.05, 3.63) is 46.2 Å². The maximum absolute atomic E-state index is 6.07. The SMILES string of the molecule is Cc1c(Cl)cccc1NC(=S)NCCCn1cc(Cl)cn1. The van der Waals surface area contributed by atoms with Crippen molar-refractivity contribution >= 4 is 46.2 Å². The number of nitrogens with one attached hydrogen (secondary N) is 2. The Bertz CT molecular complexity index is 627. The van der Waals surface area contributed by atoms with E-state index in [1.165, 1.54) is 0 Å². The van der Waals surface area contributed by atoms with Crippen LogP contribution in [-0.2, 0) is 6.54 Å². The van der Waals surface area contributed by atoms with Gasteiger partial charge in [0.15, 0.2) is 5.11 Å². The molecule has 0 atom stereocenters. The molecular weight excluding hydrogens is 327 g/mol. The van der Waals surface area contributed by atoms with Gasteiger partial charge in [0.25, 0.3) is 0 Å². The van der Waals surface area contributed by atoms with Gasteiger partial charge in [-0.25, -0.2) is 0 Å². The van der Waals surface area contributed by atoms with Crippen LogP contribution in [0, 0.1) is 6.92 Å². The summed E-state index contributed by atoms with van der Waals surface area (Å²) in [5, 5.41) is 12.4. The molecule has 1 aromatic carbocycles. The van der Waals surface area contributed by atoms with Crippen molar-refractivity contribution in [3.8, 4) is 0 Å². The van der Waals surface area contributed by atoms with Gasteiger partial charge >= 0.3 is 0 Å². The maximum atomic E-state index is 6.07. The van der Waals surface area contributed by atoms with Crippen LogP contribution in [0.5, 0.6) is 0 Å². The van der Waals surface area contributed by atoms with Crippen LogP contribution < -0.4 is 10.6 Å². The van der Waals surface area contributed by atoms with Crippen LogP contribution in [-0.4, -0.2) is 21.4 Å². The third kappa shape index (κ3) is 4.88. The fourth-order valence-electron chi connectivity index (χ4n) is 1.81. The van der Waals surface area contributed by atoms with E-state index >= 15 is 0 Å². The second-order valence-electron chi connectivity index (χ2n) is 4.57. The number of benzene rings is 1. The van der Waals surface area contributed by atoms with E-state index in [9.17, 15) is 0 Å². The van der Waals surface area contributed by atoms with E-state index in [1.54, 1.807) is 12.4 Å². The molecule has 0 bridgehead atoms. The van der Waals surface area contributed by atoms with Gasteiger partial charge in [-0.2, -0.15) is 5.10 Å². The van der Waals surface area contributed by atoms with Crippen LogP contribution in [0.1, 0.15) is 12.0 Å². The van der Waals surface area contributed by atoms with E-state index in [2.05, 4.69) is 15.7 Å². The largest absolute Gasteiger partial charge is 0.362 e. The summed E-state index contributed by atoms with van der Waals surface area (Å²) in [5.74, 6) is 0. The lowest BCUT2D eigenvalue weighted by Crippen LogP contribution is -2.30. The molecule has 7 heteroatoms. The summed E-state index contributed by atoms with van der Waals surface area (Å²) >= 11 is 17.1. The molecule has 2 N–H and O–H groups in total. The third-order valence-electron chi connectivity index (χ3n) is 2.97. The van der Waals surface area contributed by atoms with Gasteiger partial charge in [-0.3, -0.25) is 4.68 Å². The molecule has 0 amide bonds. The van der Waals surface area contributed by atoms with Crippen LogP contribution >= 0.6 is 35.4 Å². The first-order valence-electron chi connectivity index (χ1n) is 6.54.